The molecule has 0 amide bonds. The van der Waals surface area contributed by atoms with Crippen molar-refractivity contribution in [2.75, 3.05) is 20.1 Å². The van der Waals surface area contributed by atoms with Crippen molar-refractivity contribution in [2.24, 2.45) is 5.92 Å². The fourth-order valence-electron chi connectivity index (χ4n) is 3.08. The van der Waals surface area contributed by atoms with E-state index in [0.717, 1.165) is 18.7 Å². The van der Waals surface area contributed by atoms with Crippen LogP contribution in [0.25, 0.3) is 0 Å². The summed E-state index contributed by atoms with van der Waals surface area (Å²) in [6.45, 7) is 6.41. The fourth-order valence-corrected chi connectivity index (χ4v) is 3.33. The highest BCUT2D eigenvalue weighted by Gasteiger charge is 2.30. The minimum atomic E-state index is -0.169. The third-order valence-corrected chi connectivity index (χ3v) is 4.72. The molecule has 0 aromatic heterocycles. The van der Waals surface area contributed by atoms with Gasteiger partial charge in [0.05, 0.1) is 4.47 Å². The first-order chi connectivity index (χ1) is 9.49. The molecule has 0 spiro atoms. The van der Waals surface area contributed by atoms with Crippen LogP contribution < -0.4 is 5.32 Å². The van der Waals surface area contributed by atoms with Gasteiger partial charge in [0.25, 0.3) is 0 Å². The number of nitrogens with zero attached hydrogens (tertiary/aromatic N) is 1. The summed E-state index contributed by atoms with van der Waals surface area (Å²) in [5.74, 6) is 0.369. The topological polar surface area (TPSA) is 15.3 Å². The Labute approximate surface area is 129 Å². The lowest BCUT2D eigenvalue weighted by Crippen LogP contribution is -2.41. The summed E-state index contributed by atoms with van der Waals surface area (Å²) in [5.41, 5.74) is 1.09. The smallest absolute Gasteiger partial charge is 0.137 e. The van der Waals surface area contributed by atoms with Gasteiger partial charge in [0.15, 0.2) is 0 Å². The minimum Gasteiger partial charge on any atom is -0.314 e. The summed E-state index contributed by atoms with van der Waals surface area (Å²) in [7, 11) is 2.14. The average Bonchev–Trinajstić information content (AvgIpc) is 2.40. The van der Waals surface area contributed by atoms with Crippen molar-refractivity contribution >= 4 is 15.9 Å². The maximum Gasteiger partial charge on any atom is 0.137 e. The first-order valence-electron chi connectivity index (χ1n) is 7.37. The second-order valence-corrected chi connectivity index (χ2v) is 6.92. The quantitative estimate of drug-likeness (QED) is 0.890. The molecule has 1 heterocycles. The molecule has 0 bridgehead atoms. The SMILES string of the molecule is CC(C)NCC1CCCN(C)C1c1ccc(Br)c(F)c1. The van der Waals surface area contributed by atoms with E-state index in [1.54, 1.807) is 6.07 Å². The van der Waals surface area contributed by atoms with Crippen LogP contribution in [0.1, 0.15) is 38.3 Å². The minimum absolute atomic E-state index is 0.169. The lowest BCUT2D eigenvalue weighted by atomic mass is 9.84. The summed E-state index contributed by atoms with van der Waals surface area (Å²) in [5, 5.41) is 3.53. The van der Waals surface area contributed by atoms with Gasteiger partial charge in [0, 0.05) is 18.6 Å². The summed E-state index contributed by atoms with van der Waals surface area (Å²) in [4.78, 5) is 2.36. The van der Waals surface area contributed by atoms with Gasteiger partial charge in [0.2, 0.25) is 0 Å². The molecule has 1 N–H and O–H groups in total. The molecule has 0 aliphatic carbocycles. The second-order valence-electron chi connectivity index (χ2n) is 6.06. The van der Waals surface area contributed by atoms with E-state index in [-0.39, 0.29) is 5.82 Å². The summed E-state index contributed by atoms with van der Waals surface area (Å²) >= 11 is 3.23. The molecule has 1 aromatic rings. The molecule has 1 aliphatic heterocycles. The molecule has 0 radical (unpaired) electrons. The zero-order valence-corrected chi connectivity index (χ0v) is 14.1. The molecule has 20 heavy (non-hydrogen) atoms. The maximum absolute atomic E-state index is 13.8. The van der Waals surface area contributed by atoms with E-state index in [4.69, 9.17) is 0 Å². The number of rotatable bonds is 4. The third kappa shape index (κ3) is 3.80. The highest BCUT2D eigenvalue weighted by Crippen LogP contribution is 2.35. The second kappa shape index (κ2) is 7.01. The number of hydrogen-bond donors (Lipinski definition) is 1. The molecule has 2 nitrogen and oxygen atoms in total. The van der Waals surface area contributed by atoms with Crippen molar-refractivity contribution in [1.82, 2.24) is 10.2 Å². The number of benzene rings is 1. The molecular weight excluding hydrogens is 319 g/mol. The molecule has 2 atom stereocenters. The Bertz CT molecular complexity index is 450. The van der Waals surface area contributed by atoms with Gasteiger partial charge in [-0.3, -0.25) is 4.90 Å². The normalized spacial score (nSPS) is 24.3. The largest absolute Gasteiger partial charge is 0.314 e. The predicted molar refractivity (Wildman–Crippen MR) is 85.3 cm³/mol. The zero-order valence-electron chi connectivity index (χ0n) is 12.5. The van der Waals surface area contributed by atoms with E-state index < -0.39 is 0 Å². The molecule has 1 saturated heterocycles. The number of hydrogen-bond acceptors (Lipinski definition) is 2. The van der Waals surface area contributed by atoms with Gasteiger partial charge in [-0.15, -0.1) is 0 Å². The molecule has 1 fully saturated rings. The standard InChI is InChI=1S/C16H24BrFN2/c1-11(2)19-10-13-5-4-8-20(3)16(13)12-6-7-14(17)15(18)9-12/h6-7,9,11,13,16,19H,4-5,8,10H2,1-3H3. The van der Waals surface area contributed by atoms with Crippen LogP contribution in [-0.2, 0) is 0 Å². The van der Waals surface area contributed by atoms with Gasteiger partial charge in [-0.1, -0.05) is 19.9 Å². The van der Waals surface area contributed by atoms with Gasteiger partial charge in [-0.2, -0.15) is 0 Å². The van der Waals surface area contributed by atoms with Crippen LogP contribution in [0.15, 0.2) is 22.7 Å². The van der Waals surface area contributed by atoms with Crippen molar-refractivity contribution in [3.8, 4) is 0 Å². The van der Waals surface area contributed by atoms with Crippen molar-refractivity contribution in [3.05, 3.63) is 34.1 Å². The van der Waals surface area contributed by atoms with E-state index in [0.29, 0.717) is 22.5 Å². The van der Waals surface area contributed by atoms with Crippen molar-refractivity contribution < 1.29 is 4.39 Å². The van der Waals surface area contributed by atoms with Crippen molar-refractivity contribution in [3.63, 3.8) is 0 Å². The summed E-state index contributed by atoms with van der Waals surface area (Å²) < 4.78 is 14.4. The lowest BCUT2D eigenvalue weighted by molar-refractivity contribution is 0.118. The summed E-state index contributed by atoms with van der Waals surface area (Å²) in [6.07, 6.45) is 2.42. The Hall–Kier alpha value is -0.450. The Kier molecular flexibility index (Phi) is 5.58. The highest BCUT2D eigenvalue weighted by atomic mass is 79.9. The Balaban J connectivity index is 2.20. The molecule has 2 rings (SSSR count). The fraction of sp³-hybridized carbons (Fsp3) is 0.625. The zero-order chi connectivity index (χ0) is 14.7. The van der Waals surface area contributed by atoms with Gasteiger partial charge in [-0.05, 0) is 66.0 Å². The average molecular weight is 343 g/mol. The predicted octanol–water partition coefficient (Wildman–Crippen LogP) is 3.97. The van der Waals surface area contributed by atoms with Crippen LogP contribution in [0.3, 0.4) is 0 Å². The van der Waals surface area contributed by atoms with E-state index in [1.807, 2.05) is 12.1 Å². The number of nitrogens with one attached hydrogen (secondary N) is 1. The Morgan fingerprint density at radius 2 is 2.20 bits per heavy atom. The molecule has 4 heteroatoms. The van der Waals surface area contributed by atoms with E-state index >= 15 is 0 Å². The molecule has 1 aliphatic rings. The maximum atomic E-state index is 13.8. The number of piperidine rings is 1. The Morgan fingerprint density at radius 1 is 1.45 bits per heavy atom. The first kappa shape index (κ1) is 15.9. The molecule has 2 unspecified atom stereocenters. The number of likely N-dealkylation sites (tertiary alicyclic amines) is 1. The van der Waals surface area contributed by atoms with Crippen LogP contribution in [0.2, 0.25) is 0 Å². The molecular formula is C16H24BrFN2. The molecule has 112 valence electrons. The van der Waals surface area contributed by atoms with Gasteiger partial charge < -0.3 is 5.32 Å². The first-order valence-corrected chi connectivity index (χ1v) is 8.17. The van der Waals surface area contributed by atoms with Crippen LogP contribution in [0, 0.1) is 11.7 Å². The van der Waals surface area contributed by atoms with Gasteiger partial charge in [0.1, 0.15) is 5.82 Å². The lowest BCUT2D eigenvalue weighted by Gasteiger charge is -2.40. The third-order valence-electron chi connectivity index (χ3n) is 4.08. The van der Waals surface area contributed by atoms with Crippen LogP contribution >= 0.6 is 15.9 Å². The van der Waals surface area contributed by atoms with Gasteiger partial charge in [-0.25, -0.2) is 4.39 Å². The molecule has 1 aromatic carbocycles. The monoisotopic (exact) mass is 342 g/mol. The number of halogens is 2. The van der Waals surface area contributed by atoms with Crippen LogP contribution in [-0.4, -0.2) is 31.1 Å². The van der Waals surface area contributed by atoms with E-state index in [1.165, 1.54) is 12.8 Å². The van der Waals surface area contributed by atoms with Crippen molar-refractivity contribution in [1.29, 1.82) is 0 Å². The van der Waals surface area contributed by atoms with E-state index in [9.17, 15) is 4.39 Å². The van der Waals surface area contributed by atoms with Crippen LogP contribution in [0.5, 0.6) is 0 Å². The van der Waals surface area contributed by atoms with E-state index in [2.05, 4.69) is 47.0 Å². The summed E-state index contributed by atoms with van der Waals surface area (Å²) in [6, 6.07) is 6.34. The highest BCUT2D eigenvalue weighted by molar-refractivity contribution is 9.10. The van der Waals surface area contributed by atoms with Gasteiger partial charge >= 0.3 is 0 Å². The van der Waals surface area contributed by atoms with Crippen LogP contribution in [0.4, 0.5) is 4.39 Å². The Morgan fingerprint density at radius 3 is 2.85 bits per heavy atom. The molecule has 0 saturated carbocycles. The van der Waals surface area contributed by atoms with Crippen molar-refractivity contribution in [2.45, 2.75) is 38.8 Å².